The molecule has 1 unspecified atom stereocenters. The average Bonchev–Trinajstić information content (AvgIpc) is 2.15. The van der Waals surface area contributed by atoms with Crippen LogP contribution in [0.5, 0.6) is 0 Å². The lowest BCUT2D eigenvalue weighted by Gasteiger charge is -2.29. The molecular formula is C9H17NO2S. The van der Waals surface area contributed by atoms with Crippen molar-refractivity contribution in [1.29, 1.82) is 0 Å². The second kappa shape index (κ2) is 5.52. The molecule has 0 aromatic heterocycles. The average molecular weight is 203 g/mol. The Morgan fingerprint density at radius 1 is 1.46 bits per heavy atom. The lowest BCUT2D eigenvalue weighted by atomic mass is 9.95. The molecule has 1 aliphatic rings. The van der Waals surface area contributed by atoms with Crippen molar-refractivity contribution < 1.29 is 8.76 Å². The van der Waals surface area contributed by atoms with Crippen molar-refractivity contribution in [3.05, 3.63) is 12.7 Å². The zero-order valence-corrected chi connectivity index (χ0v) is 8.63. The maximum Gasteiger partial charge on any atom is 0.235 e. The fourth-order valence-corrected chi connectivity index (χ4v) is 2.54. The lowest BCUT2D eigenvalue weighted by molar-refractivity contribution is 0.265. The van der Waals surface area contributed by atoms with Crippen molar-refractivity contribution in [2.45, 2.75) is 38.1 Å². The Labute approximate surface area is 82.2 Å². The van der Waals surface area contributed by atoms with Crippen LogP contribution in [0.3, 0.4) is 0 Å². The summed E-state index contributed by atoms with van der Waals surface area (Å²) in [6.07, 6.45) is 7.38. The molecule has 3 nitrogen and oxygen atoms in total. The van der Waals surface area contributed by atoms with Gasteiger partial charge in [0.05, 0.1) is 0 Å². The van der Waals surface area contributed by atoms with E-state index in [1.54, 1.807) is 10.4 Å². The Morgan fingerprint density at radius 3 is 2.54 bits per heavy atom. The summed E-state index contributed by atoms with van der Waals surface area (Å²) in [5.74, 6) is 0. The molecule has 0 aromatic carbocycles. The van der Waals surface area contributed by atoms with Crippen LogP contribution in [0.4, 0.5) is 0 Å². The lowest BCUT2D eigenvalue weighted by Crippen LogP contribution is -2.37. The first-order chi connectivity index (χ1) is 6.25. The van der Waals surface area contributed by atoms with Crippen molar-refractivity contribution in [2.75, 3.05) is 6.54 Å². The van der Waals surface area contributed by atoms with E-state index in [1.807, 2.05) is 0 Å². The van der Waals surface area contributed by atoms with Gasteiger partial charge in [-0.15, -0.1) is 6.58 Å². The van der Waals surface area contributed by atoms with Crippen molar-refractivity contribution in [1.82, 2.24) is 4.31 Å². The van der Waals surface area contributed by atoms with Gasteiger partial charge >= 0.3 is 0 Å². The first-order valence-electron chi connectivity index (χ1n) is 4.74. The van der Waals surface area contributed by atoms with Gasteiger partial charge in [0, 0.05) is 12.6 Å². The van der Waals surface area contributed by atoms with E-state index in [1.165, 1.54) is 19.3 Å². The largest absolute Gasteiger partial charge is 0.294 e. The summed E-state index contributed by atoms with van der Waals surface area (Å²) in [4.78, 5) is 0. The van der Waals surface area contributed by atoms with Crippen molar-refractivity contribution in [2.24, 2.45) is 0 Å². The molecule has 1 atom stereocenters. The Hall–Kier alpha value is -0.190. The van der Waals surface area contributed by atoms with E-state index in [0.29, 0.717) is 6.54 Å². The minimum Gasteiger partial charge on any atom is -0.294 e. The van der Waals surface area contributed by atoms with E-state index in [0.717, 1.165) is 12.8 Å². The molecule has 1 rings (SSSR count). The molecule has 0 spiro atoms. The second-order valence-corrected chi connectivity index (χ2v) is 4.34. The van der Waals surface area contributed by atoms with Gasteiger partial charge in [0.1, 0.15) is 0 Å². The minimum absolute atomic E-state index is 0.276. The maximum atomic E-state index is 11.0. The van der Waals surface area contributed by atoms with Crippen LogP contribution in [-0.2, 0) is 11.3 Å². The van der Waals surface area contributed by atoms with Gasteiger partial charge in [-0.1, -0.05) is 25.3 Å². The van der Waals surface area contributed by atoms with Crippen LogP contribution in [0.25, 0.3) is 0 Å². The summed E-state index contributed by atoms with van der Waals surface area (Å²) in [6, 6.07) is 0.276. The molecule has 0 radical (unpaired) electrons. The summed E-state index contributed by atoms with van der Waals surface area (Å²) >= 11 is -1.84. The third-order valence-electron chi connectivity index (χ3n) is 2.49. The van der Waals surface area contributed by atoms with Gasteiger partial charge in [-0.2, -0.15) is 4.31 Å². The molecular weight excluding hydrogens is 186 g/mol. The topological polar surface area (TPSA) is 40.5 Å². The monoisotopic (exact) mass is 203 g/mol. The van der Waals surface area contributed by atoms with Gasteiger partial charge in [-0.05, 0) is 12.8 Å². The third-order valence-corrected chi connectivity index (χ3v) is 3.34. The van der Waals surface area contributed by atoms with Gasteiger partial charge in [-0.25, -0.2) is 4.21 Å². The Bertz CT molecular complexity index is 190. The number of hydrogen-bond acceptors (Lipinski definition) is 1. The molecule has 0 saturated heterocycles. The number of nitrogens with zero attached hydrogens (tertiary/aromatic N) is 1. The highest BCUT2D eigenvalue weighted by atomic mass is 32.2. The van der Waals surface area contributed by atoms with Crippen LogP contribution in [0.15, 0.2) is 12.7 Å². The number of hydrogen-bond donors (Lipinski definition) is 1. The first-order valence-corrected chi connectivity index (χ1v) is 5.80. The van der Waals surface area contributed by atoms with Crippen molar-refractivity contribution in [3.8, 4) is 0 Å². The number of rotatable bonds is 4. The van der Waals surface area contributed by atoms with Gasteiger partial charge < -0.3 is 0 Å². The fourth-order valence-electron chi connectivity index (χ4n) is 1.84. The predicted molar refractivity (Wildman–Crippen MR) is 54.5 cm³/mol. The molecule has 0 aliphatic heterocycles. The molecule has 76 valence electrons. The molecule has 0 heterocycles. The van der Waals surface area contributed by atoms with Crippen LogP contribution < -0.4 is 0 Å². The van der Waals surface area contributed by atoms with E-state index < -0.39 is 11.3 Å². The Balaban J connectivity index is 2.51. The summed E-state index contributed by atoms with van der Waals surface area (Å²) < 4.78 is 21.6. The van der Waals surface area contributed by atoms with Gasteiger partial charge in [0.25, 0.3) is 0 Å². The highest BCUT2D eigenvalue weighted by Gasteiger charge is 2.23. The zero-order valence-electron chi connectivity index (χ0n) is 7.82. The fraction of sp³-hybridized carbons (Fsp3) is 0.778. The van der Waals surface area contributed by atoms with Gasteiger partial charge in [0.15, 0.2) is 0 Å². The molecule has 0 aromatic rings. The summed E-state index contributed by atoms with van der Waals surface area (Å²) in [7, 11) is 0. The zero-order chi connectivity index (χ0) is 9.68. The molecule has 1 N–H and O–H groups in total. The maximum absolute atomic E-state index is 11.0. The molecule has 1 fully saturated rings. The van der Waals surface area contributed by atoms with Crippen LogP contribution in [-0.4, -0.2) is 25.7 Å². The van der Waals surface area contributed by atoms with Crippen LogP contribution >= 0.6 is 0 Å². The minimum atomic E-state index is -1.84. The van der Waals surface area contributed by atoms with E-state index >= 15 is 0 Å². The van der Waals surface area contributed by atoms with Crippen molar-refractivity contribution >= 4 is 11.3 Å². The smallest absolute Gasteiger partial charge is 0.235 e. The highest BCUT2D eigenvalue weighted by Crippen LogP contribution is 2.23. The molecule has 0 bridgehead atoms. The van der Waals surface area contributed by atoms with Gasteiger partial charge in [0.2, 0.25) is 11.3 Å². The van der Waals surface area contributed by atoms with E-state index in [-0.39, 0.29) is 6.04 Å². The molecule has 0 amide bonds. The Morgan fingerprint density at radius 2 is 2.08 bits per heavy atom. The third kappa shape index (κ3) is 3.21. The van der Waals surface area contributed by atoms with Crippen LogP contribution in [0.1, 0.15) is 32.1 Å². The Kier molecular flexibility index (Phi) is 4.62. The van der Waals surface area contributed by atoms with Crippen LogP contribution in [0, 0.1) is 0 Å². The van der Waals surface area contributed by atoms with Crippen molar-refractivity contribution in [3.63, 3.8) is 0 Å². The molecule has 13 heavy (non-hydrogen) atoms. The summed E-state index contributed by atoms with van der Waals surface area (Å²) in [6.45, 7) is 4.10. The first kappa shape index (κ1) is 10.9. The normalized spacial score (nSPS) is 21.7. The highest BCUT2D eigenvalue weighted by molar-refractivity contribution is 7.76. The standard InChI is InChI=1S/C9H17NO2S/c1-2-8-10(13(11)12)9-6-4-3-5-7-9/h2,9H,1,3-8H2,(H,11,12). The van der Waals surface area contributed by atoms with Crippen LogP contribution in [0.2, 0.25) is 0 Å². The predicted octanol–water partition coefficient (Wildman–Crippen LogP) is 1.94. The summed E-state index contributed by atoms with van der Waals surface area (Å²) in [5, 5.41) is 0. The van der Waals surface area contributed by atoms with E-state index in [2.05, 4.69) is 6.58 Å². The van der Waals surface area contributed by atoms with E-state index in [9.17, 15) is 4.21 Å². The summed E-state index contributed by atoms with van der Waals surface area (Å²) in [5.41, 5.74) is 0. The molecule has 1 saturated carbocycles. The van der Waals surface area contributed by atoms with E-state index in [4.69, 9.17) is 4.55 Å². The SMILES string of the molecule is C=CCN(C1CCCCC1)S(=O)O. The second-order valence-electron chi connectivity index (χ2n) is 3.41. The van der Waals surface area contributed by atoms with Gasteiger partial charge in [-0.3, -0.25) is 4.55 Å². The molecule has 4 heteroatoms. The molecule has 1 aliphatic carbocycles. The quantitative estimate of drug-likeness (QED) is 0.560.